The Morgan fingerprint density at radius 2 is 2.39 bits per heavy atom. The minimum Gasteiger partial charge on any atom is -0.464 e. The van der Waals surface area contributed by atoms with Gasteiger partial charge in [0.2, 0.25) is 0 Å². The second kappa shape index (κ2) is 4.91. The molecule has 2 aromatic rings. The molecule has 0 amide bonds. The highest BCUT2D eigenvalue weighted by Crippen LogP contribution is 2.17. The molecule has 18 heavy (non-hydrogen) atoms. The number of esters is 1. The van der Waals surface area contributed by atoms with Crippen molar-refractivity contribution in [3.8, 4) is 0 Å². The zero-order chi connectivity index (χ0) is 13.1. The Labute approximate surface area is 104 Å². The smallest absolute Gasteiger partial charge is 0.360 e. The third kappa shape index (κ3) is 2.06. The average molecular weight is 250 g/mol. The molecule has 0 unspecified atom stereocenters. The van der Waals surface area contributed by atoms with Crippen LogP contribution < -0.4 is 5.73 Å². The van der Waals surface area contributed by atoms with E-state index >= 15 is 0 Å². The van der Waals surface area contributed by atoms with Gasteiger partial charge < -0.3 is 19.6 Å². The quantitative estimate of drug-likeness (QED) is 0.808. The number of hydrogen-bond donors (Lipinski definition) is 1. The minimum absolute atomic E-state index is 0.137. The summed E-state index contributed by atoms with van der Waals surface area (Å²) in [6, 6.07) is 1.73. The van der Waals surface area contributed by atoms with E-state index in [1.54, 1.807) is 10.6 Å². The van der Waals surface area contributed by atoms with Crippen LogP contribution in [0.2, 0.25) is 0 Å². The molecule has 7 nitrogen and oxygen atoms in total. The number of imidazole rings is 1. The van der Waals surface area contributed by atoms with Gasteiger partial charge in [-0.2, -0.15) is 0 Å². The molecule has 0 aliphatic rings. The first-order chi connectivity index (χ1) is 8.67. The van der Waals surface area contributed by atoms with Crippen molar-refractivity contribution >= 4 is 11.8 Å². The number of rotatable bonds is 4. The Hall–Kier alpha value is -2.31. The monoisotopic (exact) mass is 250 g/mol. The number of anilines is 1. The highest BCUT2D eigenvalue weighted by atomic mass is 16.5. The van der Waals surface area contributed by atoms with Crippen molar-refractivity contribution < 1.29 is 14.1 Å². The summed E-state index contributed by atoms with van der Waals surface area (Å²) in [6.45, 7) is 2.34. The van der Waals surface area contributed by atoms with E-state index in [9.17, 15) is 4.79 Å². The molecule has 0 bridgehead atoms. The van der Waals surface area contributed by atoms with Gasteiger partial charge in [0.15, 0.2) is 5.69 Å². The molecule has 0 fully saturated rings. The lowest BCUT2D eigenvalue weighted by Gasteiger charge is -2.05. The molecule has 0 radical (unpaired) electrons. The summed E-state index contributed by atoms with van der Waals surface area (Å²) >= 11 is 0. The van der Waals surface area contributed by atoms with Crippen LogP contribution in [0.5, 0.6) is 0 Å². The standard InChI is InChI=1S/C11H14N4O3/c1-3-8-13-9(11(16)17-2)10(12)15(8)6-7-4-5-18-14-7/h4-5H,3,6,12H2,1-2H3. The Bertz CT molecular complexity index is 545. The van der Waals surface area contributed by atoms with Crippen molar-refractivity contribution in [2.45, 2.75) is 19.9 Å². The normalized spacial score (nSPS) is 10.6. The summed E-state index contributed by atoms with van der Waals surface area (Å²) in [5.74, 6) is 0.443. The predicted octanol–water partition coefficient (Wildman–Crippen LogP) is 0.851. The van der Waals surface area contributed by atoms with E-state index in [1.165, 1.54) is 13.4 Å². The Morgan fingerprint density at radius 3 is 2.94 bits per heavy atom. The second-order valence-corrected chi connectivity index (χ2v) is 3.68. The van der Waals surface area contributed by atoms with Gasteiger partial charge in [-0.25, -0.2) is 9.78 Å². The molecule has 0 aromatic carbocycles. The van der Waals surface area contributed by atoms with Gasteiger partial charge in [0.05, 0.1) is 13.7 Å². The summed E-state index contributed by atoms with van der Waals surface area (Å²) in [7, 11) is 1.30. The van der Waals surface area contributed by atoms with Gasteiger partial charge in [-0.05, 0) is 0 Å². The SMILES string of the molecule is CCc1nc(C(=O)OC)c(N)n1Cc1ccon1. The molecule has 96 valence electrons. The van der Waals surface area contributed by atoms with E-state index in [2.05, 4.69) is 14.9 Å². The van der Waals surface area contributed by atoms with Gasteiger partial charge in [-0.1, -0.05) is 12.1 Å². The van der Waals surface area contributed by atoms with Crippen LogP contribution in [0.4, 0.5) is 5.82 Å². The van der Waals surface area contributed by atoms with Crippen LogP contribution in [0.1, 0.15) is 28.9 Å². The van der Waals surface area contributed by atoms with E-state index < -0.39 is 5.97 Å². The zero-order valence-electron chi connectivity index (χ0n) is 10.2. The number of aromatic nitrogens is 3. The van der Waals surface area contributed by atoms with Gasteiger partial charge in [-0.3, -0.25) is 0 Å². The van der Waals surface area contributed by atoms with E-state index in [4.69, 9.17) is 10.3 Å². The van der Waals surface area contributed by atoms with Crippen LogP contribution in [0, 0.1) is 0 Å². The maximum Gasteiger partial charge on any atom is 0.360 e. The first-order valence-corrected chi connectivity index (χ1v) is 5.49. The van der Waals surface area contributed by atoms with Crippen LogP contribution >= 0.6 is 0 Å². The number of carbonyl (C=O) groups is 1. The summed E-state index contributed by atoms with van der Waals surface area (Å²) in [5, 5.41) is 3.81. The van der Waals surface area contributed by atoms with E-state index in [0.717, 1.165) is 0 Å². The number of carbonyl (C=O) groups excluding carboxylic acids is 1. The summed E-state index contributed by atoms with van der Waals surface area (Å²) < 4.78 is 11.1. The van der Waals surface area contributed by atoms with Crippen molar-refractivity contribution in [3.05, 3.63) is 29.5 Å². The fraction of sp³-hybridized carbons (Fsp3) is 0.364. The van der Waals surface area contributed by atoms with Gasteiger partial charge >= 0.3 is 5.97 Å². The maximum absolute atomic E-state index is 11.5. The molecule has 0 aliphatic heterocycles. The zero-order valence-corrected chi connectivity index (χ0v) is 10.2. The fourth-order valence-corrected chi connectivity index (χ4v) is 1.69. The highest BCUT2D eigenvalue weighted by molar-refractivity contribution is 5.92. The predicted molar refractivity (Wildman–Crippen MR) is 63.0 cm³/mol. The Kier molecular flexibility index (Phi) is 3.31. The number of ether oxygens (including phenoxy) is 1. The number of aryl methyl sites for hydroxylation is 1. The number of nitrogens with two attached hydrogens (primary N) is 1. The molecule has 0 spiro atoms. The number of hydrogen-bond acceptors (Lipinski definition) is 6. The molecule has 0 saturated heterocycles. The molecular formula is C11H14N4O3. The Balaban J connectivity index is 2.39. The lowest BCUT2D eigenvalue weighted by atomic mass is 10.4. The largest absolute Gasteiger partial charge is 0.464 e. The third-order valence-electron chi connectivity index (χ3n) is 2.59. The Morgan fingerprint density at radius 1 is 1.61 bits per heavy atom. The van der Waals surface area contributed by atoms with Crippen LogP contribution in [-0.2, 0) is 17.7 Å². The second-order valence-electron chi connectivity index (χ2n) is 3.68. The van der Waals surface area contributed by atoms with Crippen LogP contribution in [-0.4, -0.2) is 27.8 Å². The lowest BCUT2D eigenvalue weighted by Crippen LogP contribution is -2.10. The van der Waals surface area contributed by atoms with Crippen molar-refractivity contribution in [3.63, 3.8) is 0 Å². The number of nitrogen functional groups attached to an aromatic ring is 1. The van der Waals surface area contributed by atoms with Crippen molar-refractivity contribution in [1.82, 2.24) is 14.7 Å². The van der Waals surface area contributed by atoms with Gasteiger partial charge in [0.25, 0.3) is 0 Å². The molecule has 2 heterocycles. The topological polar surface area (TPSA) is 96.2 Å². The van der Waals surface area contributed by atoms with Crippen LogP contribution in [0.25, 0.3) is 0 Å². The van der Waals surface area contributed by atoms with Gasteiger partial charge in [0.1, 0.15) is 23.6 Å². The first-order valence-electron chi connectivity index (χ1n) is 5.49. The van der Waals surface area contributed by atoms with E-state index in [0.29, 0.717) is 24.5 Å². The molecule has 7 heteroatoms. The number of methoxy groups -OCH3 is 1. The molecular weight excluding hydrogens is 236 g/mol. The van der Waals surface area contributed by atoms with Crippen LogP contribution in [0.15, 0.2) is 16.9 Å². The molecule has 2 rings (SSSR count). The molecule has 2 N–H and O–H groups in total. The summed E-state index contributed by atoms with van der Waals surface area (Å²) in [5.41, 5.74) is 6.76. The van der Waals surface area contributed by atoms with Gasteiger partial charge in [-0.15, -0.1) is 0 Å². The highest BCUT2D eigenvalue weighted by Gasteiger charge is 2.20. The third-order valence-corrected chi connectivity index (χ3v) is 2.59. The van der Waals surface area contributed by atoms with Crippen LogP contribution in [0.3, 0.4) is 0 Å². The summed E-state index contributed by atoms with van der Waals surface area (Å²) in [6.07, 6.45) is 2.13. The molecule has 0 atom stereocenters. The maximum atomic E-state index is 11.5. The number of nitrogens with zero attached hydrogens (tertiary/aromatic N) is 3. The van der Waals surface area contributed by atoms with E-state index in [-0.39, 0.29) is 11.5 Å². The molecule has 0 saturated carbocycles. The minimum atomic E-state index is -0.541. The lowest BCUT2D eigenvalue weighted by molar-refractivity contribution is 0.0595. The first kappa shape index (κ1) is 12.2. The summed E-state index contributed by atoms with van der Waals surface area (Å²) in [4.78, 5) is 15.7. The van der Waals surface area contributed by atoms with Crippen molar-refractivity contribution in [2.24, 2.45) is 0 Å². The van der Waals surface area contributed by atoms with Crippen molar-refractivity contribution in [2.75, 3.05) is 12.8 Å². The van der Waals surface area contributed by atoms with Crippen molar-refractivity contribution in [1.29, 1.82) is 0 Å². The molecule has 0 aliphatic carbocycles. The molecule has 2 aromatic heterocycles. The average Bonchev–Trinajstić information content (AvgIpc) is 2.99. The van der Waals surface area contributed by atoms with Gasteiger partial charge in [0, 0.05) is 12.5 Å². The fourth-order valence-electron chi connectivity index (χ4n) is 1.69. The van der Waals surface area contributed by atoms with E-state index in [1.807, 2.05) is 6.92 Å².